The zero-order valence-electron chi connectivity index (χ0n) is 16.2. The van der Waals surface area contributed by atoms with E-state index in [1.807, 2.05) is 0 Å². The van der Waals surface area contributed by atoms with E-state index in [0.717, 1.165) is 12.0 Å². The lowest BCUT2D eigenvalue weighted by molar-refractivity contribution is -0.136. The smallest absolute Gasteiger partial charge is 0.268 e. The van der Waals surface area contributed by atoms with Crippen LogP contribution in [-0.2, 0) is 4.79 Å². The highest BCUT2D eigenvalue weighted by molar-refractivity contribution is 5.97. The van der Waals surface area contributed by atoms with Crippen LogP contribution >= 0.6 is 0 Å². The second-order valence-electron chi connectivity index (χ2n) is 7.52. The van der Waals surface area contributed by atoms with Gasteiger partial charge in [0.15, 0.2) is 0 Å². The number of rotatable bonds is 5. The molecule has 0 spiro atoms. The Morgan fingerprint density at radius 3 is 2.39 bits per heavy atom. The molecule has 0 unspecified atom stereocenters. The van der Waals surface area contributed by atoms with E-state index < -0.39 is 23.5 Å². The van der Waals surface area contributed by atoms with Crippen molar-refractivity contribution < 1.29 is 19.9 Å². The number of hydroxylamine groups is 1. The Labute approximate surface area is 165 Å². The molecule has 0 heterocycles. The maximum Gasteiger partial charge on any atom is 0.268 e. The first-order valence-corrected chi connectivity index (χ1v) is 9.37. The molecule has 0 bridgehead atoms. The number of hydrogen-bond donors (Lipinski definition) is 4. The summed E-state index contributed by atoms with van der Waals surface area (Å²) in [6.45, 7) is 2.72. The van der Waals surface area contributed by atoms with Gasteiger partial charge in [0.1, 0.15) is 6.04 Å². The summed E-state index contributed by atoms with van der Waals surface area (Å²) in [6, 6.07) is 5.21. The van der Waals surface area contributed by atoms with Gasteiger partial charge in [-0.15, -0.1) is 0 Å². The third-order valence-electron chi connectivity index (χ3n) is 4.72. The van der Waals surface area contributed by atoms with Gasteiger partial charge in [0.05, 0.1) is 5.60 Å². The molecule has 1 aliphatic rings. The van der Waals surface area contributed by atoms with Gasteiger partial charge in [0, 0.05) is 17.5 Å². The van der Waals surface area contributed by atoms with E-state index in [1.54, 1.807) is 24.3 Å². The average Bonchev–Trinajstić information content (AvgIpc) is 3.18. The van der Waals surface area contributed by atoms with Gasteiger partial charge in [-0.3, -0.25) is 14.8 Å². The highest BCUT2D eigenvalue weighted by Crippen LogP contribution is 2.26. The first kappa shape index (κ1) is 21.5. The van der Waals surface area contributed by atoms with Crippen molar-refractivity contribution in [1.29, 1.82) is 0 Å². The monoisotopic (exact) mass is 382 g/mol. The second kappa shape index (κ2) is 9.94. The molecule has 28 heavy (non-hydrogen) atoms. The Balaban J connectivity index is 1.96. The molecule has 2 rings (SSSR count). The van der Waals surface area contributed by atoms with Crippen molar-refractivity contribution in [2.24, 2.45) is 5.92 Å². The van der Waals surface area contributed by atoms with Crippen LogP contribution in [0.25, 0.3) is 0 Å². The summed E-state index contributed by atoms with van der Waals surface area (Å²) in [5, 5.41) is 21.2. The van der Waals surface area contributed by atoms with Gasteiger partial charge in [-0.25, -0.2) is 5.48 Å². The van der Waals surface area contributed by atoms with Gasteiger partial charge in [-0.05, 0) is 68.7 Å². The molecule has 0 aliphatic heterocycles. The lowest BCUT2D eigenvalue weighted by atomic mass is 9.97. The third kappa shape index (κ3) is 6.42. The summed E-state index contributed by atoms with van der Waals surface area (Å²) in [7, 11) is 0. The van der Waals surface area contributed by atoms with Crippen molar-refractivity contribution in [1.82, 2.24) is 10.8 Å². The molecule has 6 heteroatoms. The number of benzene rings is 1. The van der Waals surface area contributed by atoms with Crippen molar-refractivity contribution in [3.63, 3.8) is 0 Å². The van der Waals surface area contributed by atoms with E-state index in [-0.39, 0.29) is 0 Å². The highest BCUT2D eigenvalue weighted by atomic mass is 16.5. The maximum absolute atomic E-state index is 12.3. The van der Waals surface area contributed by atoms with E-state index in [2.05, 4.69) is 29.0 Å². The molecule has 1 saturated carbocycles. The fourth-order valence-electron chi connectivity index (χ4n) is 3.10. The number of hydrogen-bond acceptors (Lipinski definition) is 4. The minimum absolute atomic E-state index is 0.304. The molecule has 1 fully saturated rings. The Bertz CT molecular complexity index is 811. The number of carbonyl (C=O) groups excluding carboxylic acids is 2. The quantitative estimate of drug-likeness (QED) is 0.356. The van der Waals surface area contributed by atoms with Crippen LogP contribution in [0.4, 0.5) is 0 Å². The minimum atomic E-state index is -1.55. The fourth-order valence-corrected chi connectivity index (χ4v) is 3.10. The molecule has 0 saturated heterocycles. The number of nitrogens with one attached hydrogen (secondary N) is 2. The van der Waals surface area contributed by atoms with Gasteiger partial charge >= 0.3 is 0 Å². The lowest BCUT2D eigenvalue weighted by Gasteiger charge is -2.28. The Morgan fingerprint density at radius 1 is 1.18 bits per heavy atom. The van der Waals surface area contributed by atoms with Crippen LogP contribution in [0, 0.1) is 29.6 Å². The van der Waals surface area contributed by atoms with Crippen molar-refractivity contribution in [2.45, 2.75) is 57.6 Å². The zero-order chi connectivity index (χ0) is 20.6. The molecule has 4 N–H and O–H groups in total. The first-order chi connectivity index (χ1) is 13.3. The summed E-state index contributed by atoms with van der Waals surface area (Å²) in [5.41, 5.74) is 0.918. The van der Waals surface area contributed by atoms with Crippen molar-refractivity contribution >= 4 is 11.8 Å². The SMILES string of the molecule is CC(C)(O)[C@H](NC(=O)c1ccc(C#CC#CCC2CCCC2)cc1)C(=O)NO. The summed E-state index contributed by atoms with van der Waals surface area (Å²) in [5.74, 6) is 11.0. The van der Waals surface area contributed by atoms with E-state index >= 15 is 0 Å². The van der Waals surface area contributed by atoms with E-state index in [1.165, 1.54) is 45.0 Å². The molecule has 0 aromatic heterocycles. The van der Waals surface area contributed by atoms with Gasteiger partial charge in [-0.1, -0.05) is 24.7 Å². The predicted molar refractivity (Wildman–Crippen MR) is 105 cm³/mol. The molecule has 0 radical (unpaired) electrons. The zero-order valence-corrected chi connectivity index (χ0v) is 16.2. The van der Waals surface area contributed by atoms with Crippen molar-refractivity contribution in [2.75, 3.05) is 0 Å². The van der Waals surface area contributed by atoms with Gasteiger partial charge in [-0.2, -0.15) is 0 Å². The van der Waals surface area contributed by atoms with Crippen LogP contribution in [-0.4, -0.2) is 33.8 Å². The van der Waals surface area contributed by atoms with Crippen molar-refractivity contribution in [3.05, 3.63) is 35.4 Å². The molecular formula is C22H26N2O4. The van der Waals surface area contributed by atoms with Crippen LogP contribution in [0.3, 0.4) is 0 Å². The van der Waals surface area contributed by atoms with Gasteiger partial charge in [0.25, 0.3) is 11.8 Å². The van der Waals surface area contributed by atoms with Crippen molar-refractivity contribution in [3.8, 4) is 23.7 Å². The second-order valence-corrected chi connectivity index (χ2v) is 7.52. The number of aliphatic hydroxyl groups is 1. The molecule has 2 amide bonds. The lowest BCUT2D eigenvalue weighted by Crippen LogP contribution is -2.57. The molecule has 148 valence electrons. The summed E-state index contributed by atoms with van der Waals surface area (Å²) in [6.07, 6.45) is 6.04. The number of carbonyl (C=O) groups is 2. The van der Waals surface area contributed by atoms with E-state index in [0.29, 0.717) is 11.5 Å². The first-order valence-electron chi connectivity index (χ1n) is 9.37. The largest absolute Gasteiger partial charge is 0.388 e. The Kier molecular flexibility index (Phi) is 7.63. The molecular weight excluding hydrogens is 356 g/mol. The average molecular weight is 382 g/mol. The minimum Gasteiger partial charge on any atom is -0.388 e. The normalized spacial score (nSPS) is 14.9. The predicted octanol–water partition coefficient (Wildman–Crippen LogP) is 2.00. The fraction of sp³-hybridized carbons (Fsp3) is 0.455. The van der Waals surface area contributed by atoms with E-state index in [4.69, 9.17) is 5.21 Å². The Hall–Kier alpha value is -2.80. The number of amides is 2. The summed E-state index contributed by atoms with van der Waals surface area (Å²) in [4.78, 5) is 24.0. The highest BCUT2D eigenvalue weighted by Gasteiger charge is 2.34. The molecule has 1 aliphatic carbocycles. The molecule has 1 atom stereocenters. The molecule has 1 aromatic rings. The van der Waals surface area contributed by atoms with E-state index in [9.17, 15) is 14.7 Å². The van der Waals surface area contributed by atoms with Crippen LogP contribution < -0.4 is 10.8 Å². The van der Waals surface area contributed by atoms with Crippen LogP contribution in [0.1, 0.15) is 61.9 Å². The van der Waals surface area contributed by atoms with Crippen LogP contribution in [0.5, 0.6) is 0 Å². The topological polar surface area (TPSA) is 98.7 Å². The maximum atomic E-state index is 12.3. The standard InChI is InChI=1S/C22H26N2O4/c1-22(2,27)19(21(26)24-28)23-20(25)18-14-12-17(13-15-18)9-5-3-4-8-16-10-6-7-11-16/h12-16,19,27-28H,6-8,10-11H2,1-2H3,(H,23,25)(H,24,26)/t19-/m1/s1. The molecule has 6 nitrogen and oxygen atoms in total. The van der Waals surface area contributed by atoms with Crippen LogP contribution in [0.2, 0.25) is 0 Å². The summed E-state index contributed by atoms with van der Waals surface area (Å²) >= 11 is 0. The third-order valence-corrected chi connectivity index (χ3v) is 4.72. The molecule has 1 aromatic carbocycles. The van der Waals surface area contributed by atoms with Crippen LogP contribution in [0.15, 0.2) is 24.3 Å². The summed E-state index contributed by atoms with van der Waals surface area (Å²) < 4.78 is 0. The van der Waals surface area contributed by atoms with Gasteiger partial charge in [0.2, 0.25) is 0 Å². The Morgan fingerprint density at radius 2 is 1.82 bits per heavy atom. The van der Waals surface area contributed by atoms with Gasteiger partial charge < -0.3 is 10.4 Å².